The van der Waals surface area contributed by atoms with E-state index in [4.69, 9.17) is 4.42 Å². The Morgan fingerprint density at radius 2 is 1.83 bits per heavy atom. The molecule has 0 aliphatic heterocycles. The van der Waals surface area contributed by atoms with Gasteiger partial charge in [0.2, 0.25) is 0 Å². The van der Waals surface area contributed by atoms with E-state index in [0.29, 0.717) is 0 Å². The molecule has 1 N–H and O–H groups in total. The maximum absolute atomic E-state index is 5.56. The summed E-state index contributed by atoms with van der Waals surface area (Å²) in [4.78, 5) is 3.02. The molecular weight excluding hydrogens is 150 g/mol. The van der Waals surface area contributed by atoms with Crippen molar-refractivity contribution < 1.29 is 4.42 Å². The van der Waals surface area contributed by atoms with E-state index in [0.717, 1.165) is 16.6 Å². The molecule has 0 bridgehead atoms. The molecule has 58 valence electrons. The highest BCUT2D eigenvalue weighted by molar-refractivity contribution is 6.04. The average molecular weight is 157 g/mol. The number of aromatic amines is 1. The molecule has 12 heavy (non-hydrogen) atoms. The normalized spacial score (nSPS) is 11.3. The molecule has 0 aliphatic rings. The van der Waals surface area contributed by atoms with Crippen LogP contribution in [0.5, 0.6) is 0 Å². The first-order valence-corrected chi connectivity index (χ1v) is 3.89. The van der Waals surface area contributed by atoms with Crippen LogP contribution >= 0.6 is 0 Å². The van der Waals surface area contributed by atoms with E-state index in [2.05, 4.69) is 11.1 Å². The Labute approximate surface area is 68.8 Å². The fourth-order valence-electron chi connectivity index (χ4n) is 1.54. The van der Waals surface area contributed by atoms with Gasteiger partial charge in [0.05, 0.1) is 0 Å². The van der Waals surface area contributed by atoms with Crippen LogP contribution in [0.3, 0.4) is 0 Å². The van der Waals surface area contributed by atoms with Crippen LogP contribution in [-0.2, 0) is 0 Å². The highest BCUT2D eigenvalue weighted by atomic mass is 16.3. The molecule has 0 atom stereocenters. The second-order valence-electron chi connectivity index (χ2n) is 2.83. The summed E-state index contributed by atoms with van der Waals surface area (Å²) in [5, 5.41) is 2.33. The zero-order valence-corrected chi connectivity index (χ0v) is 6.37. The number of nitrogens with one attached hydrogen (secondary N) is 1. The molecule has 0 fully saturated rings. The Bertz CT molecular complexity index is 532. The summed E-state index contributed by atoms with van der Waals surface area (Å²) in [6, 6.07) is 8.04. The van der Waals surface area contributed by atoms with Crippen LogP contribution in [0.4, 0.5) is 0 Å². The average Bonchev–Trinajstić information content (AvgIpc) is 2.62. The fourth-order valence-corrected chi connectivity index (χ4v) is 1.54. The molecule has 0 radical (unpaired) electrons. The first-order valence-electron chi connectivity index (χ1n) is 3.89. The van der Waals surface area contributed by atoms with E-state index < -0.39 is 0 Å². The van der Waals surface area contributed by atoms with Crippen LogP contribution in [-0.4, -0.2) is 4.98 Å². The van der Waals surface area contributed by atoms with E-state index >= 15 is 0 Å². The standard InChI is InChI=1S/C10H7NO/c1-2-4-9-7(3-1)8-5-11-6-10(8)12-9/h1-6,11H. The lowest BCUT2D eigenvalue weighted by molar-refractivity contribution is 0.668. The van der Waals surface area contributed by atoms with Crippen LogP contribution in [0.25, 0.3) is 21.9 Å². The number of benzene rings is 1. The SMILES string of the molecule is c1ccc2c(c1)oc1c[nH]cc12. The third kappa shape index (κ3) is 0.593. The lowest BCUT2D eigenvalue weighted by Gasteiger charge is -1.83. The zero-order valence-electron chi connectivity index (χ0n) is 6.37. The van der Waals surface area contributed by atoms with Gasteiger partial charge in [-0.15, -0.1) is 0 Å². The van der Waals surface area contributed by atoms with Crippen LogP contribution in [0.1, 0.15) is 0 Å². The summed E-state index contributed by atoms with van der Waals surface area (Å²) in [5.41, 5.74) is 1.88. The molecule has 2 nitrogen and oxygen atoms in total. The van der Waals surface area contributed by atoms with Gasteiger partial charge >= 0.3 is 0 Å². The second kappa shape index (κ2) is 1.91. The number of hydrogen-bond acceptors (Lipinski definition) is 1. The highest BCUT2D eigenvalue weighted by Crippen LogP contribution is 2.27. The van der Waals surface area contributed by atoms with Crippen LogP contribution < -0.4 is 0 Å². The smallest absolute Gasteiger partial charge is 0.152 e. The van der Waals surface area contributed by atoms with Gasteiger partial charge in [0.25, 0.3) is 0 Å². The van der Waals surface area contributed by atoms with Crippen molar-refractivity contribution in [3.8, 4) is 0 Å². The third-order valence-electron chi connectivity index (χ3n) is 2.10. The Kier molecular flexibility index (Phi) is 0.939. The number of hydrogen-bond donors (Lipinski definition) is 1. The summed E-state index contributed by atoms with van der Waals surface area (Å²) >= 11 is 0. The van der Waals surface area contributed by atoms with Crippen molar-refractivity contribution in [1.82, 2.24) is 4.98 Å². The van der Waals surface area contributed by atoms with Crippen molar-refractivity contribution in [1.29, 1.82) is 0 Å². The number of furan rings is 1. The van der Waals surface area contributed by atoms with Gasteiger partial charge in [-0.2, -0.15) is 0 Å². The van der Waals surface area contributed by atoms with Crippen molar-refractivity contribution in [2.24, 2.45) is 0 Å². The summed E-state index contributed by atoms with van der Waals surface area (Å²) < 4.78 is 5.56. The van der Waals surface area contributed by atoms with Gasteiger partial charge in [-0.1, -0.05) is 18.2 Å². The fraction of sp³-hybridized carbons (Fsp3) is 0. The summed E-state index contributed by atoms with van der Waals surface area (Å²) in [7, 11) is 0. The molecule has 0 spiro atoms. The molecule has 3 rings (SSSR count). The Morgan fingerprint density at radius 3 is 2.83 bits per heavy atom. The second-order valence-corrected chi connectivity index (χ2v) is 2.83. The van der Waals surface area contributed by atoms with Crippen molar-refractivity contribution >= 4 is 21.9 Å². The van der Waals surface area contributed by atoms with E-state index in [-0.39, 0.29) is 0 Å². The van der Waals surface area contributed by atoms with E-state index in [9.17, 15) is 0 Å². The summed E-state index contributed by atoms with van der Waals surface area (Å²) in [6.45, 7) is 0. The Hall–Kier alpha value is -1.70. The molecule has 0 saturated carbocycles. The van der Waals surface area contributed by atoms with Crippen molar-refractivity contribution in [3.05, 3.63) is 36.7 Å². The predicted octanol–water partition coefficient (Wildman–Crippen LogP) is 2.91. The predicted molar refractivity (Wildman–Crippen MR) is 48.1 cm³/mol. The molecule has 2 aromatic heterocycles. The lowest BCUT2D eigenvalue weighted by atomic mass is 10.2. The van der Waals surface area contributed by atoms with Gasteiger partial charge in [-0.3, -0.25) is 0 Å². The maximum atomic E-state index is 5.56. The number of fused-ring (bicyclic) bond motifs is 3. The number of aromatic nitrogens is 1. The number of rotatable bonds is 0. The molecule has 2 heteroatoms. The number of H-pyrrole nitrogens is 1. The van der Waals surface area contributed by atoms with Gasteiger partial charge in [-0.05, 0) is 6.07 Å². The third-order valence-corrected chi connectivity index (χ3v) is 2.10. The van der Waals surface area contributed by atoms with E-state index in [1.54, 1.807) is 0 Å². The summed E-state index contributed by atoms with van der Waals surface area (Å²) in [6.07, 6.45) is 3.83. The highest BCUT2D eigenvalue weighted by Gasteiger charge is 2.04. The minimum atomic E-state index is 0.927. The van der Waals surface area contributed by atoms with E-state index in [1.807, 2.05) is 30.6 Å². The molecular formula is C10H7NO. The molecule has 0 saturated heterocycles. The minimum Gasteiger partial charge on any atom is -0.454 e. The van der Waals surface area contributed by atoms with E-state index in [1.165, 1.54) is 5.39 Å². The van der Waals surface area contributed by atoms with Crippen molar-refractivity contribution in [2.75, 3.05) is 0 Å². The van der Waals surface area contributed by atoms with Crippen molar-refractivity contribution in [2.45, 2.75) is 0 Å². The van der Waals surface area contributed by atoms with Gasteiger partial charge < -0.3 is 9.40 Å². The summed E-state index contributed by atoms with van der Waals surface area (Å²) in [5.74, 6) is 0. The Balaban J connectivity index is 2.68. The molecule has 3 aromatic rings. The van der Waals surface area contributed by atoms with Crippen LogP contribution in [0.2, 0.25) is 0 Å². The maximum Gasteiger partial charge on any atom is 0.152 e. The molecule has 0 unspecified atom stereocenters. The van der Waals surface area contributed by atoms with Crippen molar-refractivity contribution in [3.63, 3.8) is 0 Å². The topological polar surface area (TPSA) is 28.9 Å². The zero-order chi connectivity index (χ0) is 7.97. The molecule has 1 aromatic carbocycles. The van der Waals surface area contributed by atoms with Crippen LogP contribution in [0, 0.1) is 0 Å². The van der Waals surface area contributed by atoms with Gasteiger partial charge in [0.1, 0.15) is 5.58 Å². The number of para-hydroxylation sites is 1. The van der Waals surface area contributed by atoms with Crippen LogP contribution in [0.15, 0.2) is 41.1 Å². The lowest BCUT2D eigenvalue weighted by Crippen LogP contribution is -1.61. The van der Waals surface area contributed by atoms with Gasteiger partial charge in [0.15, 0.2) is 5.58 Å². The Morgan fingerprint density at radius 1 is 0.917 bits per heavy atom. The molecule has 2 heterocycles. The quantitative estimate of drug-likeness (QED) is 0.534. The first-order chi connectivity index (χ1) is 5.95. The van der Waals surface area contributed by atoms with Gasteiger partial charge in [-0.25, -0.2) is 0 Å². The molecule has 0 aliphatic carbocycles. The first kappa shape index (κ1) is 5.89. The largest absolute Gasteiger partial charge is 0.454 e. The monoisotopic (exact) mass is 157 g/mol. The van der Waals surface area contributed by atoms with Gasteiger partial charge in [0, 0.05) is 23.2 Å². The molecule has 0 amide bonds. The minimum absolute atomic E-state index is 0.927.